The first kappa shape index (κ1) is 16.3. The molecule has 0 aliphatic carbocycles. The van der Waals surface area contributed by atoms with Crippen LogP contribution in [0.3, 0.4) is 0 Å². The molecule has 0 fully saturated rings. The quantitative estimate of drug-likeness (QED) is 0.847. The number of aliphatic carboxylic acids is 1. The summed E-state index contributed by atoms with van der Waals surface area (Å²) in [5, 5.41) is 8.56. The number of esters is 1. The number of hydrogen-bond acceptors (Lipinski definition) is 4. The summed E-state index contributed by atoms with van der Waals surface area (Å²) >= 11 is 0. The Labute approximate surface area is 130 Å². The van der Waals surface area contributed by atoms with Gasteiger partial charge in [0.05, 0.1) is 12.8 Å². The van der Waals surface area contributed by atoms with Crippen LogP contribution in [-0.4, -0.2) is 29.3 Å². The zero-order chi connectivity index (χ0) is 16.3. The van der Waals surface area contributed by atoms with Crippen molar-refractivity contribution < 1.29 is 24.2 Å². The number of carbonyl (C=O) groups is 2. The molecular formula is C17H22O5. The van der Waals surface area contributed by atoms with Gasteiger partial charge in [0.2, 0.25) is 0 Å². The highest BCUT2D eigenvalue weighted by atomic mass is 16.6. The van der Waals surface area contributed by atoms with Crippen LogP contribution < -0.4 is 4.74 Å². The van der Waals surface area contributed by atoms with Gasteiger partial charge in [0.15, 0.2) is 0 Å². The monoisotopic (exact) mass is 306 g/mol. The molecule has 5 nitrogen and oxygen atoms in total. The third-order valence-corrected chi connectivity index (χ3v) is 4.11. The van der Waals surface area contributed by atoms with Crippen molar-refractivity contribution in [3.05, 3.63) is 28.8 Å². The number of rotatable bonds is 5. The standard InChI is InChI=1S/C17H22O5/c1-11-4-5-13-8-9-17(3,22-16(13)12(11)2)10-21-15(20)7-6-14(18)19/h4-5H,6-10H2,1-3H3,(H,18,19)/t17-/m0/s1. The minimum Gasteiger partial charge on any atom is -0.483 e. The molecule has 2 rings (SSSR count). The molecule has 1 aliphatic rings. The van der Waals surface area contributed by atoms with Crippen molar-refractivity contribution >= 4 is 11.9 Å². The fourth-order valence-electron chi connectivity index (χ4n) is 2.50. The van der Waals surface area contributed by atoms with Gasteiger partial charge in [-0.15, -0.1) is 0 Å². The Morgan fingerprint density at radius 1 is 1.32 bits per heavy atom. The normalized spacial score (nSPS) is 20.0. The number of fused-ring (bicyclic) bond motifs is 1. The van der Waals surface area contributed by atoms with Gasteiger partial charge in [-0.3, -0.25) is 9.59 Å². The van der Waals surface area contributed by atoms with E-state index in [9.17, 15) is 9.59 Å². The zero-order valence-corrected chi connectivity index (χ0v) is 13.3. The second kappa shape index (κ2) is 6.38. The summed E-state index contributed by atoms with van der Waals surface area (Å²) in [6.07, 6.45) is 1.31. The van der Waals surface area contributed by atoms with Crippen molar-refractivity contribution in [1.29, 1.82) is 0 Å². The van der Waals surface area contributed by atoms with Crippen molar-refractivity contribution in [2.45, 2.75) is 52.1 Å². The van der Waals surface area contributed by atoms with Crippen molar-refractivity contribution in [2.24, 2.45) is 0 Å². The highest BCUT2D eigenvalue weighted by molar-refractivity contribution is 5.76. The average molecular weight is 306 g/mol. The van der Waals surface area contributed by atoms with Crippen LogP contribution in [0.1, 0.15) is 42.9 Å². The van der Waals surface area contributed by atoms with Gasteiger partial charge in [0, 0.05) is 0 Å². The Morgan fingerprint density at radius 3 is 2.73 bits per heavy atom. The van der Waals surface area contributed by atoms with E-state index >= 15 is 0 Å². The number of carboxylic acids is 1. The Kier molecular flexibility index (Phi) is 4.74. The lowest BCUT2D eigenvalue weighted by Gasteiger charge is -2.36. The molecule has 1 atom stereocenters. The molecule has 0 amide bonds. The molecule has 1 aromatic carbocycles. The van der Waals surface area contributed by atoms with Gasteiger partial charge < -0.3 is 14.6 Å². The molecule has 1 heterocycles. The lowest BCUT2D eigenvalue weighted by molar-refractivity contribution is -0.152. The smallest absolute Gasteiger partial charge is 0.306 e. The Morgan fingerprint density at radius 2 is 2.05 bits per heavy atom. The maximum atomic E-state index is 11.6. The van der Waals surface area contributed by atoms with Gasteiger partial charge in [0.25, 0.3) is 0 Å². The van der Waals surface area contributed by atoms with Crippen LogP contribution in [-0.2, 0) is 20.7 Å². The van der Waals surface area contributed by atoms with E-state index in [0.29, 0.717) is 0 Å². The number of benzene rings is 1. The third-order valence-electron chi connectivity index (χ3n) is 4.11. The maximum absolute atomic E-state index is 11.6. The van der Waals surface area contributed by atoms with Crippen LogP contribution >= 0.6 is 0 Å². The molecule has 120 valence electrons. The van der Waals surface area contributed by atoms with Gasteiger partial charge in [-0.25, -0.2) is 0 Å². The summed E-state index contributed by atoms with van der Waals surface area (Å²) in [5.74, 6) is -0.619. The Bertz CT molecular complexity index is 593. The first-order chi connectivity index (χ1) is 10.3. The second-order valence-electron chi connectivity index (χ2n) is 6.10. The van der Waals surface area contributed by atoms with Crippen LogP contribution in [0.15, 0.2) is 12.1 Å². The van der Waals surface area contributed by atoms with E-state index in [1.54, 1.807) is 0 Å². The Hall–Kier alpha value is -2.04. The molecular weight excluding hydrogens is 284 g/mol. The van der Waals surface area contributed by atoms with Crippen molar-refractivity contribution in [2.75, 3.05) is 6.61 Å². The van der Waals surface area contributed by atoms with Crippen LogP contribution in [0.5, 0.6) is 5.75 Å². The highest BCUT2D eigenvalue weighted by Crippen LogP contribution is 2.37. The third kappa shape index (κ3) is 3.78. The van der Waals surface area contributed by atoms with Crippen LogP contribution in [0.25, 0.3) is 0 Å². The van der Waals surface area contributed by atoms with Crippen molar-refractivity contribution in [3.63, 3.8) is 0 Å². The highest BCUT2D eigenvalue weighted by Gasteiger charge is 2.34. The van der Waals surface area contributed by atoms with E-state index in [1.807, 2.05) is 20.8 Å². The predicted molar refractivity (Wildman–Crippen MR) is 81.1 cm³/mol. The minimum absolute atomic E-state index is 0.111. The average Bonchev–Trinajstić information content (AvgIpc) is 2.47. The number of aryl methyl sites for hydroxylation is 2. The molecule has 0 saturated heterocycles. The summed E-state index contributed by atoms with van der Waals surface area (Å²) in [6, 6.07) is 4.17. The van der Waals surface area contributed by atoms with Crippen LogP contribution in [0.4, 0.5) is 0 Å². The fraction of sp³-hybridized carbons (Fsp3) is 0.529. The minimum atomic E-state index is -1.00. The van der Waals surface area contributed by atoms with E-state index < -0.39 is 17.5 Å². The molecule has 1 aromatic rings. The lowest BCUT2D eigenvalue weighted by Crippen LogP contribution is -2.42. The molecule has 0 unspecified atom stereocenters. The maximum Gasteiger partial charge on any atom is 0.306 e. The lowest BCUT2D eigenvalue weighted by atomic mass is 9.91. The van der Waals surface area contributed by atoms with E-state index in [-0.39, 0.29) is 19.4 Å². The molecule has 0 saturated carbocycles. The van der Waals surface area contributed by atoms with Gasteiger partial charge in [-0.05, 0) is 50.3 Å². The number of hydrogen-bond donors (Lipinski definition) is 1. The summed E-state index contributed by atoms with van der Waals surface area (Å²) in [7, 11) is 0. The largest absolute Gasteiger partial charge is 0.483 e. The Balaban J connectivity index is 1.99. The van der Waals surface area contributed by atoms with E-state index in [1.165, 1.54) is 11.1 Å². The first-order valence-corrected chi connectivity index (χ1v) is 7.46. The molecule has 22 heavy (non-hydrogen) atoms. The molecule has 1 aliphatic heterocycles. The molecule has 5 heteroatoms. The molecule has 0 bridgehead atoms. The summed E-state index contributed by atoms with van der Waals surface area (Å²) in [6.45, 7) is 6.12. The molecule has 0 aromatic heterocycles. The first-order valence-electron chi connectivity index (χ1n) is 7.46. The summed E-state index contributed by atoms with van der Waals surface area (Å²) in [5.41, 5.74) is 2.89. The number of carboxylic acid groups (broad SMARTS) is 1. The van der Waals surface area contributed by atoms with E-state index in [4.69, 9.17) is 14.6 Å². The predicted octanol–water partition coefficient (Wildman–Crippen LogP) is 2.80. The fourth-order valence-corrected chi connectivity index (χ4v) is 2.50. The van der Waals surface area contributed by atoms with Crippen LogP contribution in [0.2, 0.25) is 0 Å². The second-order valence-corrected chi connectivity index (χ2v) is 6.10. The van der Waals surface area contributed by atoms with E-state index in [2.05, 4.69) is 12.1 Å². The number of carbonyl (C=O) groups excluding carboxylic acids is 1. The topological polar surface area (TPSA) is 72.8 Å². The van der Waals surface area contributed by atoms with Gasteiger partial charge in [-0.2, -0.15) is 0 Å². The molecule has 1 N–H and O–H groups in total. The molecule has 0 spiro atoms. The SMILES string of the molecule is Cc1ccc2c(c1C)O[C@](C)(COC(=O)CCC(=O)O)CC2. The van der Waals surface area contributed by atoms with E-state index in [0.717, 1.165) is 24.2 Å². The van der Waals surface area contributed by atoms with Gasteiger partial charge >= 0.3 is 11.9 Å². The number of ether oxygens (including phenoxy) is 2. The summed E-state index contributed by atoms with van der Waals surface area (Å²) in [4.78, 5) is 22.0. The summed E-state index contributed by atoms with van der Waals surface area (Å²) < 4.78 is 11.3. The molecule has 0 radical (unpaired) electrons. The van der Waals surface area contributed by atoms with Crippen molar-refractivity contribution in [1.82, 2.24) is 0 Å². The van der Waals surface area contributed by atoms with Crippen molar-refractivity contribution in [3.8, 4) is 5.75 Å². The van der Waals surface area contributed by atoms with Gasteiger partial charge in [-0.1, -0.05) is 12.1 Å². The zero-order valence-electron chi connectivity index (χ0n) is 13.3. The van der Waals surface area contributed by atoms with Gasteiger partial charge in [0.1, 0.15) is 18.0 Å². The van der Waals surface area contributed by atoms with Crippen LogP contribution in [0, 0.1) is 13.8 Å².